The molecule has 1 atom stereocenters. The molecule has 3 nitrogen and oxygen atoms in total. The number of likely N-dealkylation sites (N-methyl/N-ethyl adjacent to an activating group) is 1. The van der Waals surface area contributed by atoms with Crippen LogP contribution in [0.5, 0.6) is 5.75 Å². The van der Waals surface area contributed by atoms with Gasteiger partial charge in [0, 0.05) is 0 Å². The van der Waals surface area contributed by atoms with Crippen molar-refractivity contribution in [1.29, 1.82) is 0 Å². The first kappa shape index (κ1) is 10.7. The summed E-state index contributed by atoms with van der Waals surface area (Å²) >= 11 is 0. The number of rotatable bonds is 4. The first-order valence-corrected chi connectivity index (χ1v) is 4.37. The highest BCUT2D eigenvalue weighted by Gasteiger charge is 2.13. The molecule has 0 aromatic heterocycles. The van der Waals surface area contributed by atoms with Crippen LogP contribution in [0.25, 0.3) is 0 Å². The van der Waals surface area contributed by atoms with Crippen LogP contribution in [-0.4, -0.2) is 32.4 Å². The summed E-state index contributed by atoms with van der Waals surface area (Å²) in [5, 5.41) is 0. The smallest absolute Gasteiger partial charge is 0.221 e. The number of hydrogen-bond donors (Lipinski definition) is 0. The average molecular weight is 192 g/mol. The molecule has 0 amide bonds. The number of hydrogen-bond acceptors (Lipinski definition) is 3. The van der Waals surface area contributed by atoms with Gasteiger partial charge >= 0.3 is 0 Å². The molecule has 3 heteroatoms. The molecule has 0 N–H and O–H groups in total. The third-order valence-electron chi connectivity index (χ3n) is 2.06. The summed E-state index contributed by atoms with van der Waals surface area (Å²) in [7, 11) is 5.31. The molecule has 0 saturated carbocycles. The molecule has 75 valence electrons. The van der Waals surface area contributed by atoms with Gasteiger partial charge in [0.2, 0.25) is 6.29 Å². The maximum atomic E-state index is 10.7. The molecule has 1 aromatic carbocycles. The summed E-state index contributed by atoms with van der Waals surface area (Å²) in [6, 6.07) is 7.11. The molecule has 0 fully saturated rings. The van der Waals surface area contributed by atoms with Gasteiger partial charge in [-0.2, -0.15) is 0 Å². The second-order valence-corrected chi connectivity index (χ2v) is 3.26. The zero-order valence-electron chi connectivity index (χ0n) is 8.65. The summed E-state index contributed by atoms with van der Waals surface area (Å²) < 4.78 is 5.03. The molecule has 1 aromatic rings. The van der Waals surface area contributed by atoms with E-state index in [1.54, 1.807) is 7.11 Å². The minimum atomic E-state index is -0.305. The lowest BCUT2D eigenvalue weighted by molar-refractivity contribution is 0.354. The molecule has 14 heavy (non-hydrogen) atoms. The molecule has 0 aliphatic heterocycles. The van der Waals surface area contributed by atoms with E-state index < -0.39 is 0 Å². The maximum absolute atomic E-state index is 10.7. The average Bonchev–Trinajstić information content (AvgIpc) is 2.19. The van der Waals surface area contributed by atoms with Gasteiger partial charge in [-0.05, 0) is 31.8 Å². The normalized spacial score (nSPS) is 12.6. The van der Waals surface area contributed by atoms with Gasteiger partial charge in [0.05, 0.1) is 7.11 Å². The van der Waals surface area contributed by atoms with Crippen LogP contribution in [-0.2, 0) is 4.79 Å². The Bertz CT molecular complexity index is 293. The van der Waals surface area contributed by atoms with Crippen molar-refractivity contribution < 1.29 is 9.53 Å². The molecule has 0 spiro atoms. The Morgan fingerprint density at radius 3 is 2.21 bits per heavy atom. The predicted octanol–water partition coefficient (Wildman–Crippen LogP) is 1.41. The minimum Gasteiger partial charge on any atom is -0.497 e. The highest BCUT2D eigenvalue weighted by atomic mass is 16.5. The van der Waals surface area contributed by atoms with Gasteiger partial charge in [-0.25, -0.2) is 0 Å². The fourth-order valence-electron chi connectivity index (χ4n) is 1.26. The van der Waals surface area contributed by atoms with Crippen molar-refractivity contribution >= 4 is 6.29 Å². The van der Waals surface area contributed by atoms with Gasteiger partial charge < -0.3 is 4.74 Å². The lowest BCUT2D eigenvalue weighted by atomic mass is 10.1. The summed E-state index contributed by atoms with van der Waals surface area (Å²) in [5.41, 5.74) is 0.922. The van der Waals surface area contributed by atoms with Gasteiger partial charge in [-0.1, -0.05) is 12.1 Å². The van der Waals surface area contributed by atoms with Gasteiger partial charge in [-0.15, -0.1) is 0 Å². The van der Waals surface area contributed by atoms with Crippen LogP contribution in [0.1, 0.15) is 11.6 Å². The zero-order chi connectivity index (χ0) is 10.6. The van der Waals surface area contributed by atoms with Gasteiger partial charge in [0.1, 0.15) is 11.8 Å². The number of ether oxygens (including phenoxy) is 1. The van der Waals surface area contributed by atoms with Crippen molar-refractivity contribution in [2.45, 2.75) is 6.04 Å². The maximum Gasteiger partial charge on any atom is 0.221 e. The number of benzene rings is 1. The fourth-order valence-corrected chi connectivity index (χ4v) is 1.26. The van der Waals surface area contributed by atoms with E-state index >= 15 is 0 Å². The Balaban J connectivity index is 2.89. The number of nitrogens with zero attached hydrogens (tertiary/aromatic N) is 1. The van der Waals surface area contributed by atoms with Gasteiger partial charge in [0.15, 0.2) is 0 Å². The lowest BCUT2D eigenvalue weighted by Crippen LogP contribution is -2.20. The van der Waals surface area contributed by atoms with E-state index in [1.807, 2.05) is 49.5 Å². The summed E-state index contributed by atoms with van der Waals surface area (Å²) in [4.78, 5) is 12.5. The third-order valence-corrected chi connectivity index (χ3v) is 2.06. The SMILES string of the molecule is COc1ccc([C@@H]([C]=O)N(C)C)cc1. The molecule has 0 heterocycles. The van der Waals surface area contributed by atoms with E-state index in [2.05, 4.69) is 0 Å². The molecule has 0 saturated heterocycles. The highest BCUT2D eigenvalue weighted by molar-refractivity contribution is 5.62. The Morgan fingerprint density at radius 2 is 1.86 bits per heavy atom. The van der Waals surface area contributed by atoms with Crippen LogP contribution in [0.4, 0.5) is 0 Å². The fraction of sp³-hybridized carbons (Fsp3) is 0.364. The topological polar surface area (TPSA) is 29.5 Å². The first-order valence-electron chi connectivity index (χ1n) is 4.37. The quantitative estimate of drug-likeness (QED) is 0.722. The monoisotopic (exact) mass is 192 g/mol. The van der Waals surface area contributed by atoms with Gasteiger partial charge in [-0.3, -0.25) is 9.69 Å². The standard InChI is InChI=1S/C11H14NO2/c1-12(2)11(8-13)9-4-6-10(14-3)7-5-9/h4-7,11H,1-3H3/t11-/m1/s1. The van der Waals surface area contributed by atoms with Crippen molar-refractivity contribution in [2.75, 3.05) is 21.2 Å². The molecule has 0 bridgehead atoms. The predicted molar refractivity (Wildman–Crippen MR) is 55.1 cm³/mol. The van der Waals surface area contributed by atoms with Gasteiger partial charge in [0.25, 0.3) is 0 Å². The number of carbonyl (C=O) groups excluding carboxylic acids is 1. The van der Waals surface area contributed by atoms with E-state index in [9.17, 15) is 4.79 Å². The van der Waals surface area contributed by atoms with E-state index in [1.165, 1.54) is 0 Å². The van der Waals surface area contributed by atoms with Crippen LogP contribution in [0.15, 0.2) is 24.3 Å². The van der Waals surface area contributed by atoms with Crippen LogP contribution >= 0.6 is 0 Å². The van der Waals surface area contributed by atoms with E-state index in [4.69, 9.17) is 4.74 Å². The summed E-state index contributed by atoms with van der Waals surface area (Å²) in [5.74, 6) is 0.789. The van der Waals surface area contributed by atoms with E-state index in [0.717, 1.165) is 11.3 Å². The van der Waals surface area contributed by atoms with Crippen LogP contribution in [0.2, 0.25) is 0 Å². The van der Waals surface area contributed by atoms with Crippen molar-refractivity contribution in [1.82, 2.24) is 4.90 Å². The third kappa shape index (κ3) is 2.33. The highest BCUT2D eigenvalue weighted by Crippen LogP contribution is 2.19. The first-order chi connectivity index (χ1) is 6.69. The molecule has 0 unspecified atom stereocenters. The van der Waals surface area contributed by atoms with Crippen LogP contribution in [0, 0.1) is 0 Å². The Labute approximate surface area is 84.3 Å². The Kier molecular flexibility index (Phi) is 3.65. The zero-order valence-corrected chi connectivity index (χ0v) is 8.65. The summed E-state index contributed by atoms with van der Waals surface area (Å²) in [6.45, 7) is 0. The van der Waals surface area contributed by atoms with Crippen molar-refractivity contribution in [3.8, 4) is 5.75 Å². The minimum absolute atomic E-state index is 0.305. The lowest BCUT2D eigenvalue weighted by Gasteiger charge is -2.17. The second kappa shape index (κ2) is 4.77. The summed E-state index contributed by atoms with van der Waals surface area (Å²) in [6.07, 6.45) is 1.99. The molecular weight excluding hydrogens is 178 g/mol. The second-order valence-electron chi connectivity index (χ2n) is 3.26. The van der Waals surface area contributed by atoms with Crippen molar-refractivity contribution in [2.24, 2.45) is 0 Å². The van der Waals surface area contributed by atoms with Crippen LogP contribution < -0.4 is 4.74 Å². The largest absolute Gasteiger partial charge is 0.497 e. The van der Waals surface area contributed by atoms with E-state index in [-0.39, 0.29) is 6.04 Å². The molecule has 0 aliphatic carbocycles. The molecule has 1 radical (unpaired) electrons. The van der Waals surface area contributed by atoms with Crippen molar-refractivity contribution in [3.63, 3.8) is 0 Å². The molecule has 0 aliphatic rings. The Morgan fingerprint density at radius 1 is 1.29 bits per heavy atom. The Hall–Kier alpha value is -1.35. The number of methoxy groups -OCH3 is 1. The van der Waals surface area contributed by atoms with Crippen LogP contribution in [0.3, 0.4) is 0 Å². The van der Waals surface area contributed by atoms with E-state index in [0.29, 0.717) is 0 Å². The van der Waals surface area contributed by atoms with Crippen molar-refractivity contribution in [3.05, 3.63) is 29.8 Å². The molecule has 1 rings (SSSR count). The molecular formula is C11H14NO2.